The highest BCUT2D eigenvalue weighted by Gasteiger charge is 2.37. The molecule has 9 heteroatoms. The minimum atomic E-state index is -3.77. The Morgan fingerprint density at radius 3 is 2.50 bits per heavy atom. The van der Waals surface area contributed by atoms with Gasteiger partial charge in [-0.05, 0) is 37.1 Å². The minimum Gasteiger partial charge on any atom is -0.355 e. The Morgan fingerprint density at radius 1 is 1.11 bits per heavy atom. The van der Waals surface area contributed by atoms with Gasteiger partial charge in [-0.3, -0.25) is 9.59 Å². The van der Waals surface area contributed by atoms with E-state index in [1.54, 1.807) is 24.3 Å². The van der Waals surface area contributed by atoms with Crippen LogP contribution in [-0.4, -0.2) is 49.2 Å². The molecular weight excluding hydrogens is 380 g/mol. The monoisotopic (exact) mass is 402 g/mol. The molecule has 1 aromatic heterocycles. The maximum Gasteiger partial charge on any atom is 0.252 e. The zero-order valence-corrected chi connectivity index (χ0v) is 16.3. The van der Waals surface area contributed by atoms with Crippen molar-refractivity contribution in [1.29, 1.82) is 0 Å². The first-order valence-electron chi connectivity index (χ1n) is 8.99. The summed E-state index contributed by atoms with van der Waals surface area (Å²) in [5, 5.41) is 5.15. The predicted octanol–water partition coefficient (Wildman–Crippen LogP) is 1.62. The number of carbonyl (C=O) groups excluding carboxylic acids is 2. The first kappa shape index (κ1) is 20.0. The van der Waals surface area contributed by atoms with Gasteiger partial charge >= 0.3 is 0 Å². The Kier molecular flexibility index (Phi) is 6.05. The maximum absolute atomic E-state index is 13.0. The van der Waals surface area contributed by atoms with Gasteiger partial charge in [0.2, 0.25) is 15.9 Å². The van der Waals surface area contributed by atoms with Gasteiger partial charge in [-0.15, -0.1) is 0 Å². The van der Waals surface area contributed by atoms with E-state index in [1.807, 2.05) is 0 Å². The van der Waals surface area contributed by atoms with Gasteiger partial charge in [-0.2, -0.15) is 4.31 Å². The van der Waals surface area contributed by atoms with E-state index < -0.39 is 22.0 Å². The molecule has 0 bridgehead atoms. The van der Waals surface area contributed by atoms with Gasteiger partial charge < -0.3 is 10.6 Å². The number of carbonyl (C=O) groups is 2. The Hall–Kier alpha value is -2.78. The molecule has 2 heterocycles. The Bertz CT molecular complexity index is 946. The van der Waals surface area contributed by atoms with Crippen LogP contribution in [0.2, 0.25) is 0 Å². The molecule has 1 aromatic carbocycles. The molecule has 2 amide bonds. The number of nitrogens with one attached hydrogen (secondary N) is 2. The smallest absolute Gasteiger partial charge is 0.252 e. The number of rotatable bonds is 5. The number of hydrogen-bond donors (Lipinski definition) is 2. The van der Waals surface area contributed by atoms with Crippen molar-refractivity contribution < 1.29 is 18.0 Å². The molecule has 1 fully saturated rings. The first-order chi connectivity index (χ1) is 13.4. The number of pyridine rings is 1. The lowest BCUT2D eigenvalue weighted by Crippen LogP contribution is -2.49. The molecule has 1 saturated heterocycles. The summed E-state index contributed by atoms with van der Waals surface area (Å²) in [6, 6.07) is 10.4. The Morgan fingerprint density at radius 2 is 1.86 bits per heavy atom. The van der Waals surface area contributed by atoms with Gasteiger partial charge in [-0.25, -0.2) is 13.4 Å². The molecule has 1 atom stereocenters. The fraction of sp³-hybridized carbons (Fsp3) is 0.316. The van der Waals surface area contributed by atoms with Crippen LogP contribution in [0.25, 0.3) is 0 Å². The molecule has 8 nitrogen and oxygen atoms in total. The molecule has 0 aliphatic carbocycles. The average molecular weight is 402 g/mol. The van der Waals surface area contributed by atoms with Crippen molar-refractivity contribution in [2.45, 2.75) is 30.2 Å². The molecule has 2 aromatic rings. The van der Waals surface area contributed by atoms with Gasteiger partial charge in [0.15, 0.2) is 0 Å². The number of amides is 2. The quantitative estimate of drug-likeness (QED) is 0.790. The lowest BCUT2D eigenvalue weighted by atomic mass is 10.0. The summed E-state index contributed by atoms with van der Waals surface area (Å²) in [7, 11) is -2.25. The highest BCUT2D eigenvalue weighted by atomic mass is 32.2. The molecular formula is C19H22N4O4S. The maximum atomic E-state index is 13.0. The molecule has 0 spiro atoms. The topological polar surface area (TPSA) is 108 Å². The number of anilines is 1. The molecule has 0 saturated carbocycles. The zero-order chi connectivity index (χ0) is 20.1. The van der Waals surface area contributed by atoms with Gasteiger partial charge in [0.1, 0.15) is 11.9 Å². The first-order valence-corrected chi connectivity index (χ1v) is 10.4. The van der Waals surface area contributed by atoms with Crippen LogP contribution in [0.3, 0.4) is 0 Å². The standard InChI is InChI=1S/C19H22N4O4S/c1-20-18(24)14-10-11-17(21-13-14)22-19(25)16-9-5-6-12-23(16)28(26,27)15-7-3-2-4-8-15/h2-4,7-8,10-11,13,16H,5-6,9,12H2,1H3,(H,20,24)(H,21,22,25). The van der Waals surface area contributed by atoms with Gasteiger partial charge in [0, 0.05) is 19.8 Å². The third-order valence-electron chi connectivity index (χ3n) is 4.61. The molecule has 1 unspecified atom stereocenters. The van der Waals surface area contributed by atoms with E-state index in [9.17, 15) is 18.0 Å². The van der Waals surface area contributed by atoms with Crippen LogP contribution < -0.4 is 10.6 Å². The summed E-state index contributed by atoms with van der Waals surface area (Å²) in [5.74, 6) is -0.447. The summed E-state index contributed by atoms with van der Waals surface area (Å²) in [4.78, 5) is 28.6. The number of aromatic nitrogens is 1. The van der Waals surface area contributed by atoms with Crippen LogP contribution in [0, 0.1) is 0 Å². The molecule has 0 radical (unpaired) electrons. The van der Waals surface area contributed by atoms with Crippen molar-refractivity contribution in [1.82, 2.24) is 14.6 Å². The lowest BCUT2D eigenvalue weighted by molar-refractivity contribution is -0.120. The number of sulfonamides is 1. The van der Waals surface area contributed by atoms with Crippen LogP contribution in [-0.2, 0) is 14.8 Å². The number of benzene rings is 1. The van der Waals surface area contributed by atoms with Crippen LogP contribution in [0.15, 0.2) is 53.6 Å². The Labute approximate surface area is 164 Å². The lowest BCUT2D eigenvalue weighted by Gasteiger charge is -2.33. The summed E-state index contributed by atoms with van der Waals surface area (Å²) in [5.41, 5.74) is 0.367. The zero-order valence-electron chi connectivity index (χ0n) is 15.5. The van der Waals surface area contributed by atoms with Crippen molar-refractivity contribution in [3.05, 3.63) is 54.2 Å². The van der Waals surface area contributed by atoms with Crippen molar-refractivity contribution in [3.8, 4) is 0 Å². The van der Waals surface area contributed by atoms with Gasteiger partial charge in [-0.1, -0.05) is 24.6 Å². The van der Waals surface area contributed by atoms with Crippen molar-refractivity contribution >= 4 is 27.7 Å². The van der Waals surface area contributed by atoms with Gasteiger partial charge in [0.25, 0.3) is 5.91 Å². The van der Waals surface area contributed by atoms with E-state index in [4.69, 9.17) is 0 Å². The molecule has 148 valence electrons. The van der Waals surface area contributed by atoms with E-state index in [0.29, 0.717) is 24.9 Å². The predicted molar refractivity (Wildman–Crippen MR) is 104 cm³/mol. The summed E-state index contributed by atoms with van der Waals surface area (Å²) in [6.07, 6.45) is 3.26. The fourth-order valence-corrected chi connectivity index (χ4v) is 4.82. The molecule has 3 rings (SSSR count). The fourth-order valence-electron chi connectivity index (χ4n) is 3.14. The second kappa shape index (κ2) is 8.49. The third kappa shape index (κ3) is 4.20. The van der Waals surface area contributed by atoms with Crippen molar-refractivity contribution in [2.24, 2.45) is 0 Å². The van der Waals surface area contributed by atoms with E-state index >= 15 is 0 Å². The van der Waals surface area contributed by atoms with Crippen LogP contribution >= 0.6 is 0 Å². The molecule has 1 aliphatic rings. The number of hydrogen-bond acceptors (Lipinski definition) is 5. The summed E-state index contributed by atoms with van der Waals surface area (Å²) in [6.45, 7) is 0.290. The van der Waals surface area contributed by atoms with Crippen molar-refractivity contribution in [2.75, 3.05) is 18.9 Å². The number of nitrogens with zero attached hydrogens (tertiary/aromatic N) is 2. The minimum absolute atomic E-state index is 0.169. The van der Waals surface area contributed by atoms with Crippen LogP contribution in [0.1, 0.15) is 29.6 Å². The summed E-state index contributed by atoms with van der Waals surface area (Å²) >= 11 is 0. The molecule has 1 aliphatic heterocycles. The number of piperidine rings is 1. The van der Waals surface area contributed by atoms with Crippen LogP contribution in [0.5, 0.6) is 0 Å². The van der Waals surface area contributed by atoms with E-state index in [1.165, 1.54) is 35.7 Å². The van der Waals surface area contributed by atoms with Gasteiger partial charge in [0.05, 0.1) is 10.5 Å². The summed E-state index contributed by atoms with van der Waals surface area (Å²) < 4.78 is 27.3. The van der Waals surface area contributed by atoms with Crippen molar-refractivity contribution in [3.63, 3.8) is 0 Å². The van der Waals surface area contributed by atoms with E-state index in [0.717, 1.165) is 6.42 Å². The largest absolute Gasteiger partial charge is 0.355 e. The third-order valence-corrected chi connectivity index (χ3v) is 6.53. The second-order valence-electron chi connectivity index (χ2n) is 6.44. The normalized spacial score (nSPS) is 17.7. The molecule has 2 N–H and O–H groups in total. The van der Waals surface area contributed by atoms with Crippen LogP contribution in [0.4, 0.5) is 5.82 Å². The average Bonchev–Trinajstić information content (AvgIpc) is 2.74. The Balaban J connectivity index is 1.78. The van der Waals surface area contributed by atoms with E-state index in [-0.39, 0.29) is 16.6 Å². The molecule has 28 heavy (non-hydrogen) atoms. The SMILES string of the molecule is CNC(=O)c1ccc(NC(=O)C2CCCCN2S(=O)(=O)c2ccccc2)nc1. The van der Waals surface area contributed by atoms with E-state index in [2.05, 4.69) is 15.6 Å². The highest BCUT2D eigenvalue weighted by molar-refractivity contribution is 7.89. The second-order valence-corrected chi connectivity index (χ2v) is 8.33. The highest BCUT2D eigenvalue weighted by Crippen LogP contribution is 2.26.